The molecule has 1 heterocycles. The van der Waals surface area contributed by atoms with Crippen LogP contribution >= 0.6 is 0 Å². The summed E-state index contributed by atoms with van der Waals surface area (Å²) in [6.45, 7) is 6.73. The summed E-state index contributed by atoms with van der Waals surface area (Å²) in [5, 5.41) is 0. The Morgan fingerprint density at radius 2 is 2.55 bits per heavy atom. The van der Waals surface area contributed by atoms with E-state index in [1.54, 1.807) is 0 Å². The van der Waals surface area contributed by atoms with Gasteiger partial charge in [-0.15, -0.1) is 6.58 Å². The molecular formula is C9H17NO. The van der Waals surface area contributed by atoms with Crippen molar-refractivity contribution in [1.29, 1.82) is 0 Å². The molecule has 1 rings (SSSR count). The zero-order chi connectivity index (χ0) is 8.27. The van der Waals surface area contributed by atoms with Crippen LogP contribution in [0.1, 0.15) is 19.8 Å². The molecule has 0 bridgehead atoms. The van der Waals surface area contributed by atoms with Gasteiger partial charge < -0.3 is 10.5 Å². The van der Waals surface area contributed by atoms with Crippen LogP contribution in [0.2, 0.25) is 0 Å². The fourth-order valence-corrected chi connectivity index (χ4v) is 1.59. The first-order valence-electron chi connectivity index (χ1n) is 4.23. The second-order valence-corrected chi connectivity index (χ2v) is 3.29. The summed E-state index contributed by atoms with van der Waals surface area (Å²) >= 11 is 0. The largest absolute Gasteiger partial charge is 0.376 e. The molecule has 1 saturated heterocycles. The highest BCUT2D eigenvalue weighted by Gasteiger charge is 2.28. The van der Waals surface area contributed by atoms with Crippen molar-refractivity contribution < 1.29 is 4.74 Å². The molecule has 1 aliphatic heterocycles. The van der Waals surface area contributed by atoms with Gasteiger partial charge in [0.2, 0.25) is 0 Å². The van der Waals surface area contributed by atoms with E-state index in [9.17, 15) is 0 Å². The van der Waals surface area contributed by atoms with Crippen LogP contribution in [0, 0.1) is 5.92 Å². The zero-order valence-corrected chi connectivity index (χ0v) is 7.12. The van der Waals surface area contributed by atoms with E-state index in [2.05, 4.69) is 13.5 Å². The van der Waals surface area contributed by atoms with Crippen molar-refractivity contribution in [1.82, 2.24) is 0 Å². The second-order valence-electron chi connectivity index (χ2n) is 3.29. The van der Waals surface area contributed by atoms with Crippen LogP contribution in [0.4, 0.5) is 0 Å². The summed E-state index contributed by atoms with van der Waals surface area (Å²) in [6, 6.07) is 0.144. The van der Waals surface area contributed by atoms with Gasteiger partial charge in [0.25, 0.3) is 0 Å². The highest BCUT2D eigenvalue weighted by atomic mass is 16.5. The number of hydrogen-bond donors (Lipinski definition) is 1. The van der Waals surface area contributed by atoms with Gasteiger partial charge in [-0.25, -0.2) is 0 Å². The van der Waals surface area contributed by atoms with Crippen LogP contribution in [0.3, 0.4) is 0 Å². The molecule has 1 aliphatic rings. The lowest BCUT2D eigenvalue weighted by atomic mass is 9.96. The fraction of sp³-hybridized carbons (Fsp3) is 0.778. The molecule has 11 heavy (non-hydrogen) atoms. The molecule has 0 spiro atoms. The number of nitrogens with two attached hydrogens (primary N) is 1. The van der Waals surface area contributed by atoms with Crippen molar-refractivity contribution in [2.24, 2.45) is 11.7 Å². The highest BCUT2D eigenvalue weighted by Crippen LogP contribution is 2.23. The summed E-state index contributed by atoms with van der Waals surface area (Å²) in [4.78, 5) is 0. The Morgan fingerprint density at radius 3 is 3.00 bits per heavy atom. The van der Waals surface area contributed by atoms with E-state index in [-0.39, 0.29) is 12.1 Å². The Bertz CT molecular complexity index is 136. The summed E-state index contributed by atoms with van der Waals surface area (Å²) in [5.74, 6) is 0.616. The molecule has 3 atom stereocenters. The molecule has 0 aromatic heterocycles. The van der Waals surface area contributed by atoms with Crippen molar-refractivity contribution in [2.75, 3.05) is 6.61 Å². The summed E-state index contributed by atoms with van der Waals surface area (Å²) < 4.78 is 5.51. The van der Waals surface area contributed by atoms with Crippen LogP contribution in [0.25, 0.3) is 0 Å². The average molecular weight is 155 g/mol. The normalized spacial score (nSPS) is 33.6. The molecule has 3 unspecified atom stereocenters. The monoisotopic (exact) mass is 155 g/mol. The molecule has 0 aliphatic carbocycles. The third-order valence-electron chi connectivity index (χ3n) is 2.31. The Kier molecular flexibility index (Phi) is 3.09. The lowest BCUT2D eigenvalue weighted by Crippen LogP contribution is -2.37. The molecule has 0 radical (unpaired) electrons. The van der Waals surface area contributed by atoms with Gasteiger partial charge in [0.05, 0.1) is 6.10 Å². The fourth-order valence-electron chi connectivity index (χ4n) is 1.59. The minimum absolute atomic E-state index is 0.144. The van der Waals surface area contributed by atoms with Crippen molar-refractivity contribution in [3.8, 4) is 0 Å². The van der Waals surface area contributed by atoms with Gasteiger partial charge in [-0.3, -0.25) is 0 Å². The number of hydrogen-bond acceptors (Lipinski definition) is 2. The van der Waals surface area contributed by atoms with Gasteiger partial charge in [0.1, 0.15) is 0 Å². The smallest absolute Gasteiger partial charge is 0.0755 e. The van der Waals surface area contributed by atoms with Crippen LogP contribution in [-0.4, -0.2) is 18.8 Å². The topological polar surface area (TPSA) is 35.2 Å². The third kappa shape index (κ3) is 2.04. The maximum atomic E-state index is 5.88. The average Bonchev–Trinajstić information content (AvgIpc) is 2.36. The van der Waals surface area contributed by atoms with E-state index in [1.807, 2.05) is 6.08 Å². The third-order valence-corrected chi connectivity index (χ3v) is 2.31. The molecule has 1 fully saturated rings. The van der Waals surface area contributed by atoms with Crippen LogP contribution in [0.5, 0.6) is 0 Å². The Labute approximate surface area is 68.4 Å². The maximum absolute atomic E-state index is 5.88. The maximum Gasteiger partial charge on any atom is 0.0755 e. The Morgan fingerprint density at radius 1 is 1.82 bits per heavy atom. The lowest BCUT2D eigenvalue weighted by molar-refractivity contribution is 0.0733. The molecule has 0 aromatic rings. The summed E-state index contributed by atoms with van der Waals surface area (Å²) in [6.07, 6.45) is 4.12. The minimum atomic E-state index is 0.144. The predicted octanol–water partition coefficient (Wildman–Crippen LogP) is 1.31. The van der Waals surface area contributed by atoms with Gasteiger partial charge in [-0.05, 0) is 18.8 Å². The van der Waals surface area contributed by atoms with Crippen molar-refractivity contribution in [3.05, 3.63) is 12.7 Å². The van der Waals surface area contributed by atoms with Crippen molar-refractivity contribution in [2.45, 2.75) is 31.9 Å². The van der Waals surface area contributed by atoms with Crippen LogP contribution in [-0.2, 0) is 4.74 Å². The van der Waals surface area contributed by atoms with Crippen LogP contribution in [0.15, 0.2) is 12.7 Å². The molecule has 0 amide bonds. The second kappa shape index (κ2) is 3.88. The quantitative estimate of drug-likeness (QED) is 0.624. The molecule has 0 saturated carbocycles. The lowest BCUT2D eigenvalue weighted by Gasteiger charge is -2.20. The summed E-state index contributed by atoms with van der Waals surface area (Å²) in [5.41, 5.74) is 5.88. The molecular weight excluding hydrogens is 138 g/mol. The minimum Gasteiger partial charge on any atom is -0.376 e. The first-order valence-corrected chi connectivity index (χ1v) is 4.23. The number of rotatable bonds is 3. The predicted molar refractivity (Wildman–Crippen MR) is 46.3 cm³/mol. The van der Waals surface area contributed by atoms with E-state index in [0.29, 0.717) is 5.92 Å². The van der Waals surface area contributed by atoms with Gasteiger partial charge in [0.15, 0.2) is 0 Å². The van der Waals surface area contributed by atoms with Gasteiger partial charge in [0, 0.05) is 12.6 Å². The van der Waals surface area contributed by atoms with E-state index in [4.69, 9.17) is 10.5 Å². The molecule has 2 N–H and O–H groups in total. The molecule has 64 valence electrons. The zero-order valence-electron chi connectivity index (χ0n) is 7.12. The van der Waals surface area contributed by atoms with E-state index in [0.717, 1.165) is 19.4 Å². The van der Waals surface area contributed by atoms with E-state index < -0.39 is 0 Å². The van der Waals surface area contributed by atoms with Gasteiger partial charge >= 0.3 is 0 Å². The Hall–Kier alpha value is -0.340. The standard InChI is InChI=1S/C9H17NO/c1-3-4-8(10)9-7(2)5-6-11-9/h3,7-9H,1,4-6,10H2,2H3. The first-order chi connectivity index (χ1) is 5.25. The molecule has 2 nitrogen and oxygen atoms in total. The Balaban J connectivity index is 2.38. The van der Waals surface area contributed by atoms with E-state index >= 15 is 0 Å². The van der Waals surface area contributed by atoms with Gasteiger partial charge in [-0.2, -0.15) is 0 Å². The SMILES string of the molecule is C=CCC(N)C1OCCC1C. The summed E-state index contributed by atoms with van der Waals surface area (Å²) in [7, 11) is 0. The van der Waals surface area contributed by atoms with Crippen LogP contribution < -0.4 is 5.73 Å². The van der Waals surface area contributed by atoms with Crippen molar-refractivity contribution in [3.63, 3.8) is 0 Å². The highest BCUT2D eigenvalue weighted by molar-refractivity contribution is 4.87. The molecule has 2 heteroatoms. The van der Waals surface area contributed by atoms with Crippen molar-refractivity contribution >= 4 is 0 Å². The number of ether oxygens (including phenoxy) is 1. The molecule has 0 aromatic carbocycles. The van der Waals surface area contributed by atoms with Gasteiger partial charge in [-0.1, -0.05) is 13.0 Å². The van der Waals surface area contributed by atoms with E-state index in [1.165, 1.54) is 0 Å². The first kappa shape index (κ1) is 8.75.